The summed E-state index contributed by atoms with van der Waals surface area (Å²) in [6.45, 7) is 1.51. The fourth-order valence-electron chi connectivity index (χ4n) is 2.13. The number of halogens is 1. The van der Waals surface area contributed by atoms with Crippen LogP contribution in [0.4, 0.5) is 5.69 Å². The van der Waals surface area contributed by atoms with Crippen LogP contribution >= 0.6 is 12.4 Å². The van der Waals surface area contributed by atoms with Gasteiger partial charge in [-0.15, -0.1) is 12.4 Å². The van der Waals surface area contributed by atoms with Gasteiger partial charge < -0.3 is 15.0 Å². The van der Waals surface area contributed by atoms with E-state index in [1.165, 1.54) is 5.56 Å². The van der Waals surface area contributed by atoms with Crippen molar-refractivity contribution in [2.75, 3.05) is 32.1 Å². The van der Waals surface area contributed by atoms with Crippen LogP contribution in [0.3, 0.4) is 0 Å². The first-order valence-corrected chi connectivity index (χ1v) is 5.88. The van der Waals surface area contributed by atoms with E-state index in [2.05, 4.69) is 5.32 Å². The van der Waals surface area contributed by atoms with Crippen molar-refractivity contribution < 1.29 is 9.53 Å². The van der Waals surface area contributed by atoms with E-state index in [9.17, 15) is 4.79 Å². The maximum absolute atomic E-state index is 12.0. The standard InChI is InChI=1S/C13H18N2O2.ClH/c1-14-7-5-13(16)15-8-6-10-9-11(17-2)3-4-12(10)15;/h3-4,9,14H,5-8H2,1-2H3;1H. The van der Waals surface area contributed by atoms with Gasteiger partial charge >= 0.3 is 0 Å². The third-order valence-electron chi connectivity index (χ3n) is 3.07. The van der Waals surface area contributed by atoms with Crippen molar-refractivity contribution in [1.82, 2.24) is 5.32 Å². The van der Waals surface area contributed by atoms with Crippen molar-refractivity contribution >= 4 is 24.0 Å². The Balaban J connectivity index is 0.00000162. The van der Waals surface area contributed by atoms with Gasteiger partial charge in [0, 0.05) is 25.2 Å². The smallest absolute Gasteiger partial charge is 0.228 e. The second-order valence-corrected chi connectivity index (χ2v) is 4.14. The zero-order valence-electron chi connectivity index (χ0n) is 10.7. The number of benzene rings is 1. The molecule has 0 bridgehead atoms. The van der Waals surface area contributed by atoms with Crippen LogP contribution in [0.15, 0.2) is 18.2 Å². The van der Waals surface area contributed by atoms with Crippen molar-refractivity contribution in [2.24, 2.45) is 0 Å². The molecule has 100 valence electrons. The average molecular weight is 271 g/mol. The maximum Gasteiger partial charge on any atom is 0.228 e. The van der Waals surface area contributed by atoms with Crippen LogP contribution in [0.25, 0.3) is 0 Å². The molecule has 1 aliphatic heterocycles. The van der Waals surface area contributed by atoms with Crippen molar-refractivity contribution in [1.29, 1.82) is 0 Å². The first kappa shape index (κ1) is 14.8. The van der Waals surface area contributed by atoms with E-state index in [0.717, 1.165) is 30.9 Å². The molecule has 0 unspecified atom stereocenters. The van der Waals surface area contributed by atoms with Crippen LogP contribution in [-0.4, -0.2) is 33.2 Å². The lowest BCUT2D eigenvalue weighted by atomic mass is 10.1. The highest BCUT2D eigenvalue weighted by molar-refractivity contribution is 5.95. The number of nitrogens with zero attached hydrogens (tertiary/aromatic N) is 1. The topological polar surface area (TPSA) is 41.6 Å². The fraction of sp³-hybridized carbons (Fsp3) is 0.462. The largest absolute Gasteiger partial charge is 0.497 e. The minimum absolute atomic E-state index is 0. The van der Waals surface area contributed by atoms with Gasteiger partial charge in [-0.1, -0.05) is 0 Å². The highest BCUT2D eigenvalue weighted by atomic mass is 35.5. The normalized spacial score (nSPS) is 12.9. The number of hydrogen-bond donors (Lipinski definition) is 1. The number of ether oxygens (including phenoxy) is 1. The molecule has 1 aliphatic rings. The highest BCUT2D eigenvalue weighted by Crippen LogP contribution is 2.31. The lowest BCUT2D eigenvalue weighted by Crippen LogP contribution is -2.31. The summed E-state index contributed by atoms with van der Waals surface area (Å²) < 4.78 is 5.19. The van der Waals surface area contributed by atoms with Crippen LogP contribution in [0.5, 0.6) is 5.75 Å². The highest BCUT2D eigenvalue weighted by Gasteiger charge is 2.24. The minimum atomic E-state index is 0. The zero-order chi connectivity index (χ0) is 12.3. The molecule has 0 radical (unpaired) electrons. The number of rotatable bonds is 4. The second kappa shape index (κ2) is 6.61. The number of anilines is 1. The summed E-state index contributed by atoms with van der Waals surface area (Å²) in [7, 11) is 3.52. The summed E-state index contributed by atoms with van der Waals surface area (Å²) >= 11 is 0. The summed E-state index contributed by atoms with van der Waals surface area (Å²) in [4.78, 5) is 13.8. The third kappa shape index (κ3) is 2.94. The van der Waals surface area contributed by atoms with E-state index in [1.807, 2.05) is 30.1 Å². The molecule has 1 aromatic carbocycles. The Kier molecular flexibility index (Phi) is 5.44. The van der Waals surface area contributed by atoms with Crippen LogP contribution < -0.4 is 15.0 Å². The quantitative estimate of drug-likeness (QED) is 0.904. The predicted molar refractivity (Wildman–Crippen MR) is 74.8 cm³/mol. The van der Waals surface area contributed by atoms with Gasteiger partial charge in [-0.25, -0.2) is 0 Å². The summed E-state index contributed by atoms with van der Waals surface area (Å²) in [5.41, 5.74) is 2.23. The minimum Gasteiger partial charge on any atom is -0.497 e. The van der Waals surface area contributed by atoms with Gasteiger partial charge in [0.1, 0.15) is 5.75 Å². The van der Waals surface area contributed by atoms with E-state index in [0.29, 0.717) is 6.42 Å². The Morgan fingerprint density at radius 2 is 2.28 bits per heavy atom. The second-order valence-electron chi connectivity index (χ2n) is 4.14. The molecule has 18 heavy (non-hydrogen) atoms. The average Bonchev–Trinajstić information content (AvgIpc) is 2.78. The molecule has 0 atom stereocenters. The Hall–Kier alpha value is -1.26. The van der Waals surface area contributed by atoms with Crippen molar-refractivity contribution in [2.45, 2.75) is 12.8 Å². The first-order valence-electron chi connectivity index (χ1n) is 5.88. The van der Waals surface area contributed by atoms with Crippen LogP contribution in [-0.2, 0) is 11.2 Å². The molecule has 0 aliphatic carbocycles. The summed E-state index contributed by atoms with van der Waals surface area (Å²) in [6.07, 6.45) is 1.46. The monoisotopic (exact) mass is 270 g/mol. The van der Waals surface area contributed by atoms with Gasteiger partial charge in [-0.2, -0.15) is 0 Å². The van der Waals surface area contributed by atoms with Crippen molar-refractivity contribution in [3.63, 3.8) is 0 Å². The molecule has 4 nitrogen and oxygen atoms in total. The molecule has 1 heterocycles. The summed E-state index contributed by atoms with van der Waals surface area (Å²) in [5, 5.41) is 3.00. The number of amides is 1. The molecule has 5 heteroatoms. The Labute approximate surface area is 114 Å². The Morgan fingerprint density at radius 1 is 1.50 bits per heavy atom. The molecule has 0 aromatic heterocycles. The molecule has 1 aromatic rings. The van der Waals surface area contributed by atoms with Crippen LogP contribution in [0.1, 0.15) is 12.0 Å². The van der Waals surface area contributed by atoms with E-state index < -0.39 is 0 Å². The van der Waals surface area contributed by atoms with E-state index in [1.54, 1.807) is 7.11 Å². The first-order chi connectivity index (χ1) is 8.26. The van der Waals surface area contributed by atoms with E-state index in [4.69, 9.17) is 4.74 Å². The third-order valence-corrected chi connectivity index (χ3v) is 3.07. The molecule has 1 amide bonds. The molecule has 1 N–H and O–H groups in total. The number of carbonyl (C=O) groups excluding carboxylic acids is 1. The van der Waals surface area contributed by atoms with E-state index >= 15 is 0 Å². The SMILES string of the molecule is CNCCC(=O)N1CCc2cc(OC)ccc21.Cl. The van der Waals surface area contributed by atoms with Crippen molar-refractivity contribution in [3.05, 3.63) is 23.8 Å². The maximum atomic E-state index is 12.0. The molecule has 0 fully saturated rings. The van der Waals surface area contributed by atoms with E-state index in [-0.39, 0.29) is 18.3 Å². The summed E-state index contributed by atoms with van der Waals surface area (Å²) in [5.74, 6) is 1.04. The van der Waals surface area contributed by atoms with Crippen LogP contribution in [0.2, 0.25) is 0 Å². The lowest BCUT2D eigenvalue weighted by molar-refractivity contribution is -0.118. The Morgan fingerprint density at radius 3 is 2.94 bits per heavy atom. The molecular weight excluding hydrogens is 252 g/mol. The molecule has 0 saturated heterocycles. The van der Waals surface area contributed by atoms with Gasteiger partial charge in [0.25, 0.3) is 0 Å². The van der Waals surface area contributed by atoms with Gasteiger partial charge in [-0.05, 0) is 37.2 Å². The lowest BCUT2D eigenvalue weighted by Gasteiger charge is -2.17. The summed E-state index contributed by atoms with van der Waals surface area (Å²) in [6, 6.07) is 5.89. The van der Waals surface area contributed by atoms with Crippen molar-refractivity contribution in [3.8, 4) is 5.75 Å². The number of fused-ring (bicyclic) bond motifs is 1. The molecular formula is C13H19ClN2O2. The number of hydrogen-bond acceptors (Lipinski definition) is 3. The molecule has 2 rings (SSSR count). The van der Waals surface area contributed by atoms with Gasteiger partial charge in [0.15, 0.2) is 0 Å². The van der Waals surface area contributed by atoms with Crippen LogP contribution in [0, 0.1) is 0 Å². The number of nitrogens with one attached hydrogen (secondary N) is 1. The molecule has 0 spiro atoms. The van der Waals surface area contributed by atoms with Gasteiger partial charge in [0.2, 0.25) is 5.91 Å². The zero-order valence-corrected chi connectivity index (χ0v) is 11.5. The fourth-order valence-corrected chi connectivity index (χ4v) is 2.13. The number of carbonyl (C=O) groups is 1. The predicted octanol–water partition coefficient (Wildman–Crippen LogP) is 1.62. The Bertz CT molecular complexity index is 423. The molecule has 0 saturated carbocycles. The number of methoxy groups -OCH3 is 1. The van der Waals surface area contributed by atoms with Gasteiger partial charge in [0.05, 0.1) is 7.11 Å². The van der Waals surface area contributed by atoms with Gasteiger partial charge in [-0.3, -0.25) is 4.79 Å².